The van der Waals surface area contributed by atoms with Crippen molar-refractivity contribution in [3.63, 3.8) is 0 Å². The van der Waals surface area contributed by atoms with Gasteiger partial charge >= 0.3 is 0 Å². The molecule has 0 aromatic carbocycles. The summed E-state index contributed by atoms with van der Waals surface area (Å²) in [4.78, 5) is 5.83. The molecule has 0 aliphatic rings. The van der Waals surface area contributed by atoms with Crippen LogP contribution < -0.4 is 10.5 Å². The van der Waals surface area contributed by atoms with E-state index in [-0.39, 0.29) is 6.54 Å². The smallest absolute Gasteiger partial charge is 0.241 e. The molecule has 0 radical (unpaired) electrons. The fourth-order valence-corrected chi connectivity index (χ4v) is 4.17. The van der Waals surface area contributed by atoms with Crippen LogP contribution in [0.1, 0.15) is 15.6 Å². The Morgan fingerprint density at radius 1 is 1.53 bits per heavy atom. The summed E-state index contributed by atoms with van der Waals surface area (Å²) in [6.45, 7) is 2.39. The maximum atomic E-state index is 12.1. The van der Waals surface area contributed by atoms with Crippen molar-refractivity contribution < 1.29 is 8.42 Å². The lowest BCUT2D eigenvalue weighted by Crippen LogP contribution is -2.26. The number of nitrogens with one attached hydrogen (secondary N) is 2. The van der Waals surface area contributed by atoms with Gasteiger partial charge in [0.25, 0.3) is 0 Å². The molecular weight excluding hydrogens is 286 g/mol. The van der Waals surface area contributed by atoms with Crippen LogP contribution >= 0.6 is 11.3 Å². The molecule has 19 heavy (non-hydrogen) atoms. The predicted molar refractivity (Wildman–Crippen MR) is 72.2 cm³/mol. The molecule has 2 aromatic rings. The Balaban J connectivity index is 2.03. The van der Waals surface area contributed by atoms with Gasteiger partial charge < -0.3 is 5.73 Å². The third-order valence-electron chi connectivity index (χ3n) is 2.53. The summed E-state index contributed by atoms with van der Waals surface area (Å²) in [7, 11) is -3.49. The van der Waals surface area contributed by atoms with Crippen LogP contribution in [0.3, 0.4) is 0 Å². The van der Waals surface area contributed by atoms with Gasteiger partial charge in [0.2, 0.25) is 10.0 Å². The molecule has 0 fully saturated rings. The van der Waals surface area contributed by atoms with Crippen molar-refractivity contribution in [2.75, 3.05) is 6.54 Å². The molecule has 0 aliphatic carbocycles. The van der Waals surface area contributed by atoms with E-state index in [1.165, 1.54) is 17.7 Å². The first-order valence-corrected chi connectivity index (χ1v) is 7.96. The van der Waals surface area contributed by atoms with E-state index in [1.807, 2.05) is 0 Å². The minimum absolute atomic E-state index is 0.269. The number of nitrogens with zero attached hydrogens (tertiary/aromatic N) is 2. The highest BCUT2D eigenvalue weighted by Crippen LogP contribution is 2.25. The number of nitrogens with two attached hydrogens (primary N) is 1. The first-order valence-electron chi connectivity index (χ1n) is 5.66. The Hall–Kier alpha value is -1.29. The van der Waals surface area contributed by atoms with Gasteiger partial charge in [-0.15, -0.1) is 11.3 Å². The van der Waals surface area contributed by atoms with E-state index in [9.17, 15) is 8.42 Å². The molecule has 9 heteroatoms. The highest BCUT2D eigenvalue weighted by atomic mass is 32.2. The zero-order chi connectivity index (χ0) is 13.9. The summed E-state index contributed by atoms with van der Waals surface area (Å²) >= 11 is 1.40. The largest absolute Gasteiger partial charge is 0.326 e. The van der Waals surface area contributed by atoms with Gasteiger partial charge in [-0.25, -0.2) is 18.1 Å². The molecular formula is C10H15N5O2S2. The van der Waals surface area contributed by atoms with Crippen molar-refractivity contribution in [2.24, 2.45) is 5.73 Å². The minimum Gasteiger partial charge on any atom is -0.326 e. The number of aromatic amines is 1. The monoisotopic (exact) mass is 301 g/mol. The molecule has 0 saturated carbocycles. The molecule has 2 rings (SSSR count). The fraction of sp³-hybridized carbons (Fsp3) is 0.400. The van der Waals surface area contributed by atoms with Crippen LogP contribution in [-0.4, -0.2) is 30.1 Å². The maximum absolute atomic E-state index is 12.1. The second kappa shape index (κ2) is 5.78. The topological polar surface area (TPSA) is 114 Å². The summed E-state index contributed by atoms with van der Waals surface area (Å²) in [6, 6.07) is 1.62. The van der Waals surface area contributed by atoms with Gasteiger partial charge in [0.05, 0.1) is 4.90 Å². The lowest BCUT2D eigenvalue weighted by molar-refractivity contribution is 0.580. The average molecular weight is 301 g/mol. The highest BCUT2D eigenvalue weighted by Gasteiger charge is 2.19. The number of rotatable bonds is 6. The van der Waals surface area contributed by atoms with Crippen LogP contribution in [0.4, 0.5) is 0 Å². The summed E-state index contributed by atoms with van der Waals surface area (Å²) < 4.78 is 26.8. The standard InChI is InChI=1S/C10H15N5O2S2/c1-7-9(4-8(5-11)18-7)19(16,17)14-3-2-10-12-6-13-15-10/h4,6,14H,2-3,5,11H2,1H3,(H,12,13,15). The molecule has 7 nitrogen and oxygen atoms in total. The van der Waals surface area contributed by atoms with Crippen LogP contribution in [-0.2, 0) is 23.0 Å². The van der Waals surface area contributed by atoms with Crippen molar-refractivity contribution in [1.29, 1.82) is 0 Å². The van der Waals surface area contributed by atoms with Crippen LogP contribution in [0.2, 0.25) is 0 Å². The number of H-pyrrole nitrogens is 1. The summed E-state index contributed by atoms with van der Waals surface area (Å²) in [6.07, 6.45) is 1.85. The van der Waals surface area contributed by atoms with E-state index < -0.39 is 10.0 Å². The molecule has 0 saturated heterocycles. The molecule has 0 atom stereocenters. The van der Waals surface area contributed by atoms with Gasteiger partial charge in [-0.2, -0.15) is 5.10 Å². The molecule has 0 bridgehead atoms. The second-order valence-electron chi connectivity index (χ2n) is 3.92. The van der Waals surface area contributed by atoms with Crippen LogP contribution in [0, 0.1) is 6.92 Å². The summed E-state index contributed by atoms with van der Waals surface area (Å²) in [5, 5.41) is 6.38. The van der Waals surface area contributed by atoms with Crippen molar-refractivity contribution in [2.45, 2.75) is 24.8 Å². The molecule has 0 amide bonds. The molecule has 0 aliphatic heterocycles. The summed E-state index contributed by atoms with van der Waals surface area (Å²) in [5.74, 6) is 0.646. The SMILES string of the molecule is Cc1sc(CN)cc1S(=O)(=O)NCCc1ncn[nH]1. The Labute approximate surface area is 115 Å². The molecule has 2 heterocycles. The first kappa shape index (κ1) is 14.1. The van der Waals surface area contributed by atoms with Gasteiger partial charge in [-0.1, -0.05) is 0 Å². The molecule has 2 aromatic heterocycles. The normalized spacial score (nSPS) is 11.9. The van der Waals surface area contributed by atoms with Crippen molar-refractivity contribution in [3.05, 3.63) is 28.0 Å². The third-order valence-corrected chi connectivity index (χ3v) is 5.32. The zero-order valence-corrected chi connectivity index (χ0v) is 12.0. The van der Waals surface area contributed by atoms with E-state index in [4.69, 9.17) is 5.73 Å². The van der Waals surface area contributed by atoms with Gasteiger partial charge in [0, 0.05) is 29.3 Å². The van der Waals surface area contributed by atoms with E-state index >= 15 is 0 Å². The molecule has 104 valence electrons. The maximum Gasteiger partial charge on any atom is 0.241 e. The van der Waals surface area contributed by atoms with Gasteiger partial charge in [0.1, 0.15) is 12.2 Å². The van der Waals surface area contributed by atoms with Gasteiger partial charge in [-0.05, 0) is 13.0 Å². The van der Waals surface area contributed by atoms with E-state index in [0.717, 1.165) is 9.75 Å². The minimum atomic E-state index is -3.49. The van der Waals surface area contributed by atoms with E-state index in [1.54, 1.807) is 13.0 Å². The molecule has 0 unspecified atom stereocenters. The lowest BCUT2D eigenvalue weighted by atomic mass is 10.4. The van der Waals surface area contributed by atoms with Crippen molar-refractivity contribution >= 4 is 21.4 Å². The number of aromatic nitrogens is 3. The van der Waals surface area contributed by atoms with Gasteiger partial charge in [-0.3, -0.25) is 5.10 Å². The fourth-order valence-electron chi connectivity index (χ4n) is 1.62. The first-order chi connectivity index (χ1) is 9.03. The Bertz CT molecular complexity index is 633. The number of aryl methyl sites for hydroxylation is 1. The number of thiophene rings is 1. The van der Waals surface area contributed by atoms with Gasteiger partial charge in [0.15, 0.2) is 0 Å². The van der Waals surface area contributed by atoms with Crippen LogP contribution in [0.25, 0.3) is 0 Å². The van der Waals surface area contributed by atoms with Crippen LogP contribution in [0.5, 0.6) is 0 Å². The highest BCUT2D eigenvalue weighted by molar-refractivity contribution is 7.89. The second-order valence-corrected chi connectivity index (χ2v) is 6.99. The third kappa shape index (κ3) is 3.38. The number of sulfonamides is 1. The quantitative estimate of drug-likeness (QED) is 0.703. The van der Waals surface area contributed by atoms with Crippen molar-refractivity contribution in [1.82, 2.24) is 19.9 Å². The molecule has 0 spiro atoms. The summed E-state index contributed by atoms with van der Waals surface area (Å²) in [5.41, 5.74) is 5.52. The zero-order valence-electron chi connectivity index (χ0n) is 10.4. The molecule has 4 N–H and O–H groups in total. The Morgan fingerprint density at radius 2 is 2.32 bits per heavy atom. The lowest BCUT2D eigenvalue weighted by Gasteiger charge is -2.04. The average Bonchev–Trinajstić information content (AvgIpc) is 2.98. The number of hydrogen-bond acceptors (Lipinski definition) is 6. The Morgan fingerprint density at radius 3 is 2.89 bits per heavy atom. The van der Waals surface area contributed by atoms with Crippen LogP contribution in [0.15, 0.2) is 17.3 Å². The number of hydrogen-bond donors (Lipinski definition) is 3. The van der Waals surface area contributed by atoms with E-state index in [2.05, 4.69) is 19.9 Å². The Kier molecular flexibility index (Phi) is 4.30. The predicted octanol–water partition coefficient (Wildman–Crippen LogP) is 0.154. The van der Waals surface area contributed by atoms with E-state index in [0.29, 0.717) is 23.7 Å². The van der Waals surface area contributed by atoms with Crippen molar-refractivity contribution in [3.8, 4) is 0 Å².